The molecule has 56 valence electrons. The molecule has 4 nitrogen and oxygen atoms in total. The minimum Gasteiger partial charge on any atom is -0.397 e. The fraction of sp³-hybridized carbons (Fsp3) is 0.143. The van der Waals surface area contributed by atoms with E-state index in [1.807, 2.05) is 6.07 Å². The van der Waals surface area contributed by atoms with E-state index in [1.165, 1.54) is 6.20 Å². The van der Waals surface area contributed by atoms with E-state index in [-0.39, 0.29) is 0 Å². The Balaban J connectivity index is 3.40. The predicted octanol–water partition coefficient (Wildman–Crippen LogP) is 0.426. The van der Waals surface area contributed by atoms with Crippen LogP contribution in [-0.2, 0) is 0 Å². The first kappa shape index (κ1) is 7.35. The number of hydrogen-bond acceptors (Lipinski definition) is 4. The van der Waals surface area contributed by atoms with Gasteiger partial charge in [0.1, 0.15) is 11.8 Å². The summed E-state index contributed by atoms with van der Waals surface area (Å²) in [5.41, 5.74) is 12.8. The molecule has 0 aliphatic rings. The molecule has 1 aromatic rings. The molecule has 0 saturated heterocycles. The lowest BCUT2D eigenvalue weighted by Gasteiger charge is -2.03. The van der Waals surface area contributed by atoms with Gasteiger partial charge in [-0.1, -0.05) is 0 Å². The Morgan fingerprint density at radius 2 is 2.18 bits per heavy atom. The first-order chi connectivity index (χ1) is 5.16. The van der Waals surface area contributed by atoms with Crippen molar-refractivity contribution in [2.45, 2.75) is 6.92 Å². The maximum Gasteiger partial charge on any atom is 0.145 e. The molecule has 4 N–H and O–H groups in total. The smallest absolute Gasteiger partial charge is 0.145 e. The summed E-state index contributed by atoms with van der Waals surface area (Å²) >= 11 is 0. The molecular formula is C7H8N4. The summed E-state index contributed by atoms with van der Waals surface area (Å²) in [6.45, 7) is 1.72. The van der Waals surface area contributed by atoms with Crippen LogP contribution >= 0.6 is 0 Å². The summed E-state index contributed by atoms with van der Waals surface area (Å²) in [6.07, 6.45) is 1.39. The molecule has 0 bridgehead atoms. The molecule has 0 saturated carbocycles. The SMILES string of the molecule is Cc1c(C#N)ncc(N)c1N. The molecule has 0 atom stereocenters. The van der Waals surface area contributed by atoms with E-state index in [1.54, 1.807) is 6.92 Å². The molecule has 4 heteroatoms. The number of anilines is 2. The van der Waals surface area contributed by atoms with Crippen LogP contribution < -0.4 is 11.5 Å². The lowest BCUT2D eigenvalue weighted by Crippen LogP contribution is -2.01. The van der Waals surface area contributed by atoms with Crippen LogP contribution in [0, 0.1) is 18.3 Å². The maximum atomic E-state index is 8.52. The normalized spacial score (nSPS) is 9.09. The number of nitrogens with zero attached hydrogens (tertiary/aromatic N) is 2. The van der Waals surface area contributed by atoms with Gasteiger partial charge in [-0.3, -0.25) is 0 Å². The van der Waals surface area contributed by atoms with Crippen molar-refractivity contribution in [3.05, 3.63) is 17.5 Å². The van der Waals surface area contributed by atoms with Crippen molar-refractivity contribution < 1.29 is 0 Å². The third-order valence-electron chi connectivity index (χ3n) is 1.51. The molecule has 0 unspecified atom stereocenters. The molecule has 0 aliphatic carbocycles. The van der Waals surface area contributed by atoms with Gasteiger partial charge in [0.2, 0.25) is 0 Å². The Morgan fingerprint density at radius 3 is 2.73 bits per heavy atom. The number of aromatic nitrogens is 1. The maximum absolute atomic E-state index is 8.52. The molecule has 0 fully saturated rings. The van der Waals surface area contributed by atoms with Crippen LogP contribution in [0.25, 0.3) is 0 Å². The van der Waals surface area contributed by atoms with Crippen LogP contribution in [0.1, 0.15) is 11.3 Å². The summed E-state index contributed by atoms with van der Waals surface area (Å²) in [7, 11) is 0. The highest BCUT2D eigenvalue weighted by Crippen LogP contribution is 2.19. The monoisotopic (exact) mass is 148 g/mol. The highest BCUT2D eigenvalue weighted by molar-refractivity contribution is 5.67. The average Bonchev–Trinajstić information content (AvgIpc) is 2.01. The molecule has 0 aromatic carbocycles. The van der Waals surface area contributed by atoms with E-state index < -0.39 is 0 Å². The minimum absolute atomic E-state index is 0.330. The summed E-state index contributed by atoms with van der Waals surface area (Å²) in [5.74, 6) is 0. The van der Waals surface area contributed by atoms with Crippen LogP contribution in [0.4, 0.5) is 11.4 Å². The number of nitrogens with two attached hydrogens (primary N) is 2. The molecule has 1 heterocycles. The Bertz CT molecular complexity index is 324. The number of pyridine rings is 1. The van der Waals surface area contributed by atoms with Gasteiger partial charge < -0.3 is 11.5 Å². The summed E-state index contributed by atoms with van der Waals surface area (Å²) in [4.78, 5) is 3.79. The molecule has 11 heavy (non-hydrogen) atoms. The zero-order valence-electron chi connectivity index (χ0n) is 6.13. The van der Waals surface area contributed by atoms with Crippen molar-refractivity contribution in [1.29, 1.82) is 5.26 Å². The van der Waals surface area contributed by atoms with Crippen LogP contribution in [0.5, 0.6) is 0 Å². The van der Waals surface area contributed by atoms with Crippen molar-refractivity contribution in [2.24, 2.45) is 0 Å². The van der Waals surface area contributed by atoms with E-state index >= 15 is 0 Å². The fourth-order valence-electron chi connectivity index (χ4n) is 0.757. The topological polar surface area (TPSA) is 88.7 Å². The van der Waals surface area contributed by atoms with Crippen molar-refractivity contribution in [3.63, 3.8) is 0 Å². The standard InChI is InChI=1S/C7H8N4/c1-4-6(2-8)11-3-5(9)7(4)10/h3H,9H2,1H3,(H2,10,11). The number of nitriles is 1. The molecule has 0 aliphatic heterocycles. The highest BCUT2D eigenvalue weighted by atomic mass is 14.8. The predicted molar refractivity (Wildman–Crippen MR) is 42.5 cm³/mol. The Labute approximate surface area is 64.5 Å². The molecule has 1 aromatic heterocycles. The third kappa shape index (κ3) is 1.08. The van der Waals surface area contributed by atoms with Crippen molar-refractivity contribution in [3.8, 4) is 6.07 Å². The van der Waals surface area contributed by atoms with Crippen molar-refractivity contribution in [1.82, 2.24) is 4.98 Å². The summed E-state index contributed by atoms with van der Waals surface area (Å²) < 4.78 is 0. The van der Waals surface area contributed by atoms with Crippen LogP contribution in [0.3, 0.4) is 0 Å². The quantitative estimate of drug-likeness (QED) is 0.558. The summed E-state index contributed by atoms with van der Waals surface area (Å²) in [5, 5.41) is 8.52. The lowest BCUT2D eigenvalue weighted by atomic mass is 10.2. The molecule has 0 radical (unpaired) electrons. The van der Waals surface area contributed by atoms with Crippen LogP contribution in [0.2, 0.25) is 0 Å². The van der Waals surface area contributed by atoms with E-state index in [0.29, 0.717) is 22.6 Å². The van der Waals surface area contributed by atoms with Gasteiger partial charge in [0.15, 0.2) is 0 Å². The lowest BCUT2D eigenvalue weighted by molar-refractivity contribution is 1.22. The van der Waals surface area contributed by atoms with E-state index in [2.05, 4.69) is 4.98 Å². The zero-order chi connectivity index (χ0) is 8.43. The molecular weight excluding hydrogens is 140 g/mol. The minimum atomic E-state index is 0.330. The Morgan fingerprint density at radius 1 is 1.55 bits per heavy atom. The number of rotatable bonds is 0. The van der Waals surface area contributed by atoms with Gasteiger partial charge >= 0.3 is 0 Å². The van der Waals surface area contributed by atoms with Crippen molar-refractivity contribution in [2.75, 3.05) is 11.5 Å². The van der Waals surface area contributed by atoms with Gasteiger partial charge in [0.05, 0.1) is 17.6 Å². The van der Waals surface area contributed by atoms with Crippen molar-refractivity contribution >= 4 is 11.4 Å². The Hall–Kier alpha value is -1.76. The second kappa shape index (κ2) is 2.46. The first-order valence-electron chi connectivity index (χ1n) is 3.07. The first-order valence-corrected chi connectivity index (χ1v) is 3.07. The molecule has 0 amide bonds. The largest absolute Gasteiger partial charge is 0.397 e. The van der Waals surface area contributed by atoms with E-state index in [0.717, 1.165) is 0 Å². The second-order valence-corrected chi connectivity index (χ2v) is 2.21. The van der Waals surface area contributed by atoms with Crippen LogP contribution in [-0.4, -0.2) is 4.98 Å². The van der Waals surface area contributed by atoms with Crippen LogP contribution in [0.15, 0.2) is 6.20 Å². The van der Waals surface area contributed by atoms with Gasteiger partial charge in [-0.25, -0.2) is 4.98 Å². The molecule has 1 rings (SSSR count). The van der Waals surface area contributed by atoms with Gasteiger partial charge in [0, 0.05) is 5.56 Å². The number of nitrogen functional groups attached to an aromatic ring is 2. The zero-order valence-corrected chi connectivity index (χ0v) is 6.13. The average molecular weight is 148 g/mol. The van der Waals surface area contributed by atoms with Gasteiger partial charge in [-0.2, -0.15) is 5.26 Å². The number of hydrogen-bond donors (Lipinski definition) is 2. The van der Waals surface area contributed by atoms with Gasteiger partial charge in [-0.05, 0) is 6.92 Å². The highest BCUT2D eigenvalue weighted by Gasteiger charge is 2.04. The third-order valence-corrected chi connectivity index (χ3v) is 1.51. The van der Waals surface area contributed by atoms with E-state index in [9.17, 15) is 0 Å². The summed E-state index contributed by atoms with van der Waals surface area (Å²) in [6, 6.07) is 1.92. The second-order valence-electron chi connectivity index (χ2n) is 2.21. The Kier molecular flexibility index (Phi) is 1.65. The molecule has 0 spiro atoms. The fourth-order valence-corrected chi connectivity index (χ4v) is 0.757. The van der Waals surface area contributed by atoms with Gasteiger partial charge in [0.25, 0.3) is 0 Å². The van der Waals surface area contributed by atoms with E-state index in [4.69, 9.17) is 16.7 Å². The van der Waals surface area contributed by atoms with Gasteiger partial charge in [-0.15, -0.1) is 0 Å².